The molecular formula is C20H16ClFN2O2S2. The van der Waals surface area contributed by atoms with Gasteiger partial charge in [-0.05, 0) is 73.2 Å². The highest BCUT2D eigenvalue weighted by atomic mass is 35.5. The summed E-state index contributed by atoms with van der Waals surface area (Å²) in [4.78, 5) is 4.64. The Kier molecular flexibility index (Phi) is 5.69. The molecular weight excluding hydrogens is 419 g/mol. The minimum absolute atomic E-state index is 0. The predicted molar refractivity (Wildman–Crippen MR) is 114 cm³/mol. The van der Waals surface area contributed by atoms with Crippen molar-refractivity contribution in [2.75, 3.05) is 4.72 Å². The molecule has 3 aromatic carbocycles. The van der Waals surface area contributed by atoms with Gasteiger partial charge in [-0.1, -0.05) is 6.07 Å². The van der Waals surface area contributed by atoms with Crippen LogP contribution in [-0.2, 0) is 10.0 Å². The van der Waals surface area contributed by atoms with Crippen LogP contribution in [0.5, 0.6) is 0 Å². The van der Waals surface area contributed by atoms with Crippen LogP contribution in [0.3, 0.4) is 0 Å². The van der Waals surface area contributed by atoms with Gasteiger partial charge < -0.3 is 0 Å². The molecule has 0 aliphatic carbocycles. The van der Waals surface area contributed by atoms with E-state index in [2.05, 4.69) is 15.8 Å². The van der Waals surface area contributed by atoms with E-state index in [0.717, 1.165) is 32.9 Å². The molecule has 1 N–H and O–H groups in total. The molecule has 0 aliphatic heterocycles. The molecule has 0 fully saturated rings. The zero-order chi connectivity index (χ0) is 19.0. The Labute approximate surface area is 172 Å². The van der Waals surface area contributed by atoms with Crippen LogP contribution in [-0.4, -0.2) is 13.4 Å². The van der Waals surface area contributed by atoms with Crippen LogP contribution in [0.1, 0.15) is 5.56 Å². The molecule has 144 valence electrons. The number of aryl methyl sites for hydroxylation is 1. The lowest BCUT2D eigenvalue weighted by molar-refractivity contribution is 0.599. The van der Waals surface area contributed by atoms with Gasteiger partial charge >= 0.3 is 0 Å². The Morgan fingerprint density at radius 2 is 1.64 bits per heavy atom. The summed E-state index contributed by atoms with van der Waals surface area (Å²) in [6, 6.07) is 17.8. The average molecular weight is 435 g/mol. The maximum atomic E-state index is 13.0. The van der Waals surface area contributed by atoms with Gasteiger partial charge in [-0.3, -0.25) is 4.72 Å². The molecule has 0 atom stereocenters. The standard InChI is InChI=1S/C20H15FN2O2S2.ClH/c1-13-2-11-18-19(12-13)26-20(22-18)14-3-7-16(8-4-14)23-27(24,25)17-9-5-15(21)6-10-17;/h2-12,23H,1H3;1H. The first-order chi connectivity index (χ1) is 12.9. The molecule has 1 aromatic heterocycles. The molecule has 0 spiro atoms. The molecule has 0 unspecified atom stereocenters. The number of benzene rings is 3. The largest absolute Gasteiger partial charge is 0.280 e. The minimum atomic E-state index is -3.76. The van der Waals surface area contributed by atoms with E-state index in [1.807, 2.05) is 31.2 Å². The van der Waals surface area contributed by atoms with Crippen molar-refractivity contribution in [2.24, 2.45) is 0 Å². The van der Waals surface area contributed by atoms with E-state index in [1.165, 1.54) is 17.7 Å². The normalized spacial score (nSPS) is 11.2. The summed E-state index contributed by atoms with van der Waals surface area (Å²) < 4.78 is 41.3. The SMILES string of the molecule is Cc1ccc2nc(-c3ccc(NS(=O)(=O)c4ccc(F)cc4)cc3)sc2c1.Cl. The predicted octanol–water partition coefficient (Wildman–Crippen LogP) is 5.63. The number of hydrogen-bond donors (Lipinski definition) is 1. The Hall–Kier alpha value is -2.48. The van der Waals surface area contributed by atoms with Gasteiger partial charge in [0.2, 0.25) is 0 Å². The summed E-state index contributed by atoms with van der Waals surface area (Å²) in [6.07, 6.45) is 0. The fourth-order valence-corrected chi connectivity index (χ4v) is 4.79. The molecule has 4 nitrogen and oxygen atoms in total. The number of rotatable bonds is 4. The van der Waals surface area contributed by atoms with Crippen molar-refractivity contribution in [3.8, 4) is 10.6 Å². The van der Waals surface area contributed by atoms with Crippen molar-refractivity contribution in [1.29, 1.82) is 0 Å². The highest BCUT2D eigenvalue weighted by molar-refractivity contribution is 7.92. The van der Waals surface area contributed by atoms with Crippen molar-refractivity contribution in [1.82, 2.24) is 4.98 Å². The van der Waals surface area contributed by atoms with Crippen LogP contribution < -0.4 is 4.72 Å². The highest BCUT2D eigenvalue weighted by Gasteiger charge is 2.14. The molecule has 28 heavy (non-hydrogen) atoms. The number of sulfonamides is 1. The van der Waals surface area contributed by atoms with Gasteiger partial charge in [-0.15, -0.1) is 23.7 Å². The van der Waals surface area contributed by atoms with Gasteiger partial charge in [0.05, 0.1) is 15.1 Å². The van der Waals surface area contributed by atoms with Crippen LogP contribution in [0, 0.1) is 12.7 Å². The van der Waals surface area contributed by atoms with E-state index in [0.29, 0.717) is 5.69 Å². The topological polar surface area (TPSA) is 59.1 Å². The summed E-state index contributed by atoms with van der Waals surface area (Å²) in [6.45, 7) is 2.04. The Morgan fingerprint density at radius 1 is 0.964 bits per heavy atom. The lowest BCUT2D eigenvalue weighted by Gasteiger charge is -2.08. The van der Waals surface area contributed by atoms with E-state index in [4.69, 9.17) is 0 Å². The van der Waals surface area contributed by atoms with E-state index < -0.39 is 15.8 Å². The van der Waals surface area contributed by atoms with Gasteiger partial charge in [0.25, 0.3) is 10.0 Å². The van der Waals surface area contributed by atoms with Crippen molar-refractivity contribution >= 4 is 49.7 Å². The minimum Gasteiger partial charge on any atom is -0.280 e. The van der Waals surface area contributed by atoms with E-state index in [1.54, 1.807) is 23.5 Å². The monoisotopic (exact) mass is 434 g/mol. The van der Waals surface area contributed by atoms with Crippen molar-refractivity contribution in [3.05, 3.63) is 78.1 Å². The molecule has 0 bridgehead atoms. The quantitative estimate of drug-likeness (QED) is 0.452. The first kappa shape index (κ1) is 20.3. The van der Waals surface area contributed by atoms with Gasteiger partial charge in [0, 0.05) is 11.3 Å². The Balaban J connectivity index is 0.00000225. The zero-order valence-corrected chi connectivity index (χ0v) is 17.2. The number of nitrogens with one attached hydrogen (secondary N) is 1. The average Bonchev–Trinajstić information content (AvgIpc) is 3.05. The second kappa shape index (κ2) is 7.87. The number of halogens is 2. The third-order valence-corrected chi connectivity index (χ3v) is 6.52. The number of aromatic nitrogens is 1. The van der Waals surface area contributed by atoms with Gasteiger partial charge in [0.1, 0.15) is 10.8 Å². The number of nitrogens with zero attached hydrogens (tertiary/aromatic N) is 1. The lowest BCUT2D eigenvalue weighted by Crippen LogP contribution is -2.12. The van der Waals surface area contributed by atoms with E-state index in [9.17, 15) is 12.8 Å². The molecule has 1 heterocycles. The Bertz CT molecular complexity index is 1220. The van der Waals surface area contributed by atoms with E-state index in [-0.39, 0.29) is 17.3 Å². The van der Waals surface area contributed by atoms with Gasteiger partial charge in [0.15, 0.2) is 0 Å². The molecule has 4 rings (SSSR count). The van der Waals surface area contributed by atoms with Crippen molar-refractivity contribution in [3.63, 3.8) is 0 Å². The second-order valence-corrected chi connectivity index (χ2v) is 8.84. The lowest BCUT2D eigenvalue weighted by atomic mass is 10.2. The summed E-state index contributed by atoms with van der Waals surface area (Å²) in [5.41, 5.74) is 3.48. The van der Waals surface area contributed by atoms with Crippen LogP contribution in [0.2, 0.25) is 0 Å². The maximum Gasteiger partial charge on any atom is 0.261 e. The Morgan fingerprint density at radius 3 is 2.32 bits per heavy atom. The van der Waals surface area contributed by atoms with Crippen LogP contribution >= 0.6 is 23.7 Å². The molecule has 0 saturated carbocycles. The number of thiazole rings is 1. The van der Waals surface area contributed by atoms with Crippen LogP contribution in [0.4, 0.5) is 10.1 Å². The molecule has 0 amide bonds. The molecule has 0 aliphatic rings. The third kappa shape index (κ3) is 4.16. The molecule has 8 heteroatoms. The zero-order valence-electron chi connectivity index (χ0n) is 14.7. The number of anilines is 1. The number of fused-ring (bicyclic) bond motifs is 1. The first-order valence-electron chi connectivity index (χ1n) is 8.17. The van der Waals surface area contributed by atoms with Crippen molar-refractivity contribution < 1.29 is 12.8 Å². The molecule has 4 aromatic rings. The smallest absolute Gasteiger partial charge is 0.261 e. The fraction of sp³-hybridized carbons (Fsp3) is 0.0500. The first-order valence-corrected chi connectivity index (χ1v) is 10.5. The van der Waals surface area contributed by atoms with Gasteiger partial charge in [-0.25, -0.2) is 17.8 Å². The summed E-state index contributed by atoms with van der Waals surface area (Å²) in [7, 11) is -3.76. The van der Waals surface area contributed by atoms with Crippen LogP contribution in [0.15, 0.2) is 71.6 Å². The second-order valence-electron chi connectivity index (χ2n) is 6.13. The van der Waals surface area contributed by atoms with E-state index >= 15 is 0 Å². The van der Waals surface area contributed by atoms with Crippen LogP contribution in [0.25, 0.3) is 20.8 Å². The fourth-order valence-electron chi connectivity index (χ4n) is 2.66. The van der Waals surface area contributed by atoms with Crippen molar-refractivity contribution in [2.45, 2.75) is 11.8 Å². The number of hydrogen-bond acceptors (Lipinski definition) is 4. The third-order valence-electron chi connectivity index (χ3n) is 4.05. The summed E-state index contributed by atoms with van der Waals surface area (Å²) in [5.74, 6) is -0.482. The summed E-state index contributed by atoms with van der Waals surface area (Å²) >= 11 is 1.60. The highest BCUT2D eigenvalue weighted by Crippen LogP contribution is 2.31. The van der Waals surface area contributed by atoms with Gasteiger partial charge in [-0.2, -0.15) is 0 Å². The molecule has 0 radical (unpaired) electrons. The maximum absolute atomic E-state index is 13.0. The molecule has 0 saturated heterocycles. The summed E-state index contributed by atoms with van der Waals surface area (Å²) in [5, 5.41) is 0.878.